The Hall–Kier alpha value is -0.420. The molecule has 0 heterocycles. The number of hydrogen-bond donors (Lipinski definition) is 1. The van der Waals surface area contributed by atoms with E-state index in [0.717, 1.165) is 6.26 Å². The summed E-state index contributed by atoms with van der Waals surface area (Å²) in [6.07, 6.45) is 2.42. The fourth-order valence-corrected chi connectivity index (χ4v) is 1.59. The van der Waals surface area contributed by atoms with Crippen LogP contribution >= 0.6 is 0 Å². The number of hydrogen-bond acceptors (Lipinski definition) is 4. The van der Waals surface area contributed by atoms with E-state index in [9.17, 15) is 13.2 Å². The Morgan fingerprint density at radius 2 is 2.00 bits per heavy atom. The molecule has 0 aromatic heterocycles. The van der Waals surface area contributed by atoms with E-state index in [1.54, 1.807) is 0 Å². The van der Waals surface area contributed by atoms with Gasteiger partial charge in [-0.25, -0.2) is 8.42 Å². The first kappa shape index (κ1) is 12.6. The van der Waals surface area contributed by atoms with E-state index in [0.29, 0.717) is 12.8 Å². The molecule has 1 atom stereocenters. The molecule has 5 heteroatoms. The molecule has 0 spiro atoms. The summed E-state index contributed by atoms with van der Waals surface area (Å²) in [5.41, 5.74) is 5.47. The lowest BCUT2D eigenvalue weighted by atomic mass is 10.1. The summed E-state index contributed by atoms with van der Waals surface area (Å²) < 4.78 is 21.4. The molecular formula is C8H17NO3S. The van der Waals surface area contributed by atoms with Gasteiger partial charge in [0.1, 0.15) is 15.6 Å². The number of nitrogens with two attached hydrogens (primary N) is 1. The molecule has 0 rings (SSSR count). The molecule has 0 aliphatic rings. The Labute approximate surface area is 79.4 Å². The highest BCUT2D eigenvalue weighted by Crippen LogP contribution is 1.99. The van der Waals surface area contributed by atoms with Crippen LogP contribution in [0.15, 0.2) is 0 Å². The van der Waals surface area contributed by atoms with Gasteiger partial charge in [0.15, 0.2) is 0 Å². The molecule has 0 saturated heterocycles. The minimum absolute atomic E-state index is 0.0499. The van der Waals surface area contributed by atoms with Gasteiger partial charge in [-0.2, -0.15) is 0 Å². The van der Waals surface area contributed by atoms with Gasteiger partial charge in [-0.3, -0.25) is 4.79 Å². The number of Topliss-reactive ketones (excluding diaryl/α,β-unsaturated/α-hetero) is 1. The third kappa shape index (κ3) is 6.72. The second-order valence-electron chi connectivity index (χ2n) is 3.21. The molecule has 0 fully saturated rings. The summed E-state index contributed by atoms with van der Waals surface area (Å²) in [7, 11) is -2.95. The number of carbonyl (C=O) groups is 1. The van der Waals surface area contributed by atoms with Gasteiger partial charge in [0.2, 0.25) is 0 Å². The van der Waals surface area contributed by atoms with Gasteiger partial charge in [-0.15, -0.1) is 0 Å². The molecule has 0 aliphatic heterocycles. The predicted molar refractivity (Wildman–Crippen MR) is 52.2 cm³/mol. The molecular weight excluding hydrogens is 190 g/mol. The molecule has 13 heavy (non-hydrogen) atoms. The lowest BCUT2D eigenvalue weighted by Crippen LogP contribution is -2.29. The molecule has 0 aromatic carbocycles. The van der Waals surface area contributed by atoms with Crippen LogP contribution in [0.5, 0.6) is 0 Å². The first-order valence-electron chi connectivity index (χ1n) is 4.33. The minimum Gasteiger partial charge on any atom is -0.322 e. The number of sulfone groups is 1. The van der Waals surface area contributed by atoms with Crippen LogP contribution in [0.2, 0.25) is 0 Å². The fraction of sp³-hybridized carbons (Fsp3) is 0.875. The summed E-state index contributed by atoms with van der Waals surface area (Å²) in [5.74, 6) is 0.0148. The highest BCUT2D eigenvalue weighted by molar-refractivity contribution is 7.90. The van der Waals surface area contributed by atoms with Crippen LogP contribution in [0.4, 0.5) is 0 Å². The Kier molecular flexibility index (Phi) is 5.17. The maximum atomic E-state index is 11.1. The summed E-state index contributed by atoms with van der Waals surface area (Å²) in [6, 6.07) is -0.431. The zero-order valence-electron chi connectivity index (χ0n) is 8.12. The largest absolute Gasteiger partial charge is 0.322 e. The average Bonchev–Trinajstić information content (AvgIpc) is 2.00. The highest BCUT2D eigenvalue weighted by atomic mass is 32.2. The van der Waals surface area contributed by atoms with Crippen LogP contribution < -0.4 is 5.73 Å². The van der Waals surface area contributed by atoms with Crippen molar-refractivity contribution in [2.75, 3.05) is 12.0 Å². The highest BCUT2D eigenvalue weighted by Gasteiger charge is 2.11. The van der Waals surface area contributed by atoms with Crippen molar-refractivity contribution < 1.29 is 13.2 Å². The number of ketones is 1. The van der Waals surface area contributed by atoms with E-state index >= 15 is 0 Å². The lowest BCUT2D eigenvalue weighted by molar-refractivity contribution is -0.120. The lowest BCUT2D eigenvalue weighted by Gasteiger charge is -2.06. The maximum absolute atomic E-state index is 11.1. The topological polar surface area (TPSA) is 77.2 Å². The van der Waals surface area contributed by atoms with E-state index in [1.807, 2.05) is 6.92 Å². The van der Waals surface area contributed by atoms with Crippen molar-refractivity contribution in [3.05, 3.63) is 0 Å². The number of carbonyl (C=O) groups excluding carboxylic acids is 1. The standard InChI is InChI=1S/C8H17NO3S/c1-3-7(9)8(10)5-4-6-13(2,11)12/h7H,3-6,9H2,1-2H3. The van der Waals surface area contributed by atoms with Crippen LogP contribution in [0, 0.1) is 0 Å². The quantitative estimate of drug-likeness (QED) is 0.671. The minimum atomic E-state index is -2.95. The molecule has 0 amide bonds. The Balaban J connectivity index is 3.72. The van der Waals surface area contributed by atoms with Crippen LogP contribution in [-0.4, -0.2) is 32.3 Å². The molecule has 0 aliphatic carbocycles. The van der Waals surface area contributed by atoms with E-state index < -0.39 is 15.9 Å². The molecule has 78 valence electrons. The average molecular weight is 207 g/mol. The zero-order chi connectivity index (χ0) is 10.5. The summed E-state index contributed by atoms with van der Waals surface area (Å²) >= 11 is 0. The third-order valence-electron chi connectivity index (χ3n) is 1.79. The van der Waals surface area contributed by atoms with E-state index in [-0.39, 0.29) is 18.0 Å². The maximum Gasteiger partial charge on any atom is 0.149 e. The van der Waals surface area contributed by atoms with Gasteiger partial charge in [0, 0.05) is 12.7 Å². The third-order valence-corrected chi connectivity index (χ3v) is 2.82. The Morgan fingerprint density at radius 3 is 2.38 bits per heavy atom. The fourth-order valence-electron chi connectivity index (χ4n) is 0.922. The summed E-state index contributed by atoms with van der Waals surface area (Å²) in [6.45, 7) is 1.83. The van der Waals surface area contributed by atoms with Crippen molar-refractivity contribution in [3.63, 3.8) is 0 Å². The van der Waals surface area contributed by atoms with Crippen molar-refractivity contribution >= 4 is 15.6 Å². The summed E-state index contributed by atoms with van der Waals surface area (Å²) in [4.78, 5) is 11.1. The molecule has 1 unspecified atom stereocenters. The molecule has 0 saturated carbocycles. The van der Waals surface area contributed by atoms with E-state index in [2.05, 4.69) is 0 Å². The van der Waals surface area contributed by atoms with Crippen LogP contribution in [0.25, 0.3) is 0 Å². The van der Waals surface area contributed by atoms with Crippen molar-refractivity contribution in [1.82, 2.24) is 0 Å². The SMILES string of the molecule is CCC(N)C(=O)CCCS(C)(=O)=O. The zero-order valence-corrected chi connectivity index (χ0v) is 8.93. The number of rotatable bonds is 6. The second kappa shape index (κ2) is 5.34. The normalized spacial score (nSPS) is 14.1. The van der Waals surface area contributed by atoms with Crippen molar-refractivity contribution in [2.24, 2.45) is 5.73 Å². The molecule has 0 aromatic rings. The van der Waals surface area contributed by atoms with Crippen LogP contribution in [0.1, 0.15) is 26.2 Å². The summed E-state index contributed by atoms with van der Waals surface area (Å²) in [5, 5.41) is 0. The van der Waals surface area contributed by atoms with Gasteiger partial charge in [-0.1, -0.05) is 6.92 Å². The van der Waals surface area contributed by atoms with Crippen molar-refractivity contribution in [3.8, 4) is 0 Å². The van der Waals surface area contributed by atoms with Crippen LogP contribution in [0.3, 0.4) is 0 Å². The van der Waals surface area contributed by atoms with Crippen molar-refractivity contribution in [2.45, 2.75) is 32.2 Å². The predicted octanol–water partition coefficient (Wildman–Crippen LogP) is 0.118. The molecule has 2 N–H and O–H groups in total. The first-order chi connectivity index (χ1) is 5.87. The Bertz CT molecular complexity index is 259. The van der Waals surface area contributed by atoms with Gasteiger partial charge >= 0.3 is 0 Å². The van der Waals surface area contributed by atoms with Gasteiger partial charge in [0.25, 0.3) is 0 Å². The molecule has 0 radical (unpaired) electrons. The van der Waals surface area contributed by atoms with Gasteiger partial charge in [-0.05, 0) is 12.8 Å². The van der Waals surface area contributed by atoms with Gasteiger partial charge in [0.05, 0.1) is 11.8 Å². The van der Waals surface area contributed by atoms with E-state index in [4.69, 9.17) is 5.73 Å². The molecule has 0 bridgehead atoms. The first-order valence-corrected chi connectivity index (χ1v) is 6.39. The van der Waals surface area contributed by atoms with Crippen LogP contribution in [-0.2, 0) is 14.6 Å². The smallest absolute Gasteiger partial charge is 0.149 e. The van der Waals surface area contributed by atoms with Crippen molar-refractivity contribution in [1.29, 1.82) is 0 Å². The Morgan fingerprint density at radius 1 is 1.46 bits per heavy atom. The van der Waals surface area contributed by atoms with Gasteiger partial charge < -0.3 is 5.73 Å². The molecule has 4 nitrogen and oxygen atoms in total. The monoisotopic (exact) mass is 207 g/mol. The van der Waals surface area contributed by atoms with E-state index in [1.165, 1.54) is 0 Å². The second-order valence-corrected chi connectivity index (χ2v) is 5.47.